The number of aryl methyl sites for hydroxylation is 2. The normalized spacial score (nSPS) is 22.1. The summed E-state index contributed by atoms with van der Waals surface area (Å²) in [6, 6.07) is 5.88. The first kappa shape index (κ1) is 16.8. The first-order chi connectivity index (χ1) is 11.4. The number of urea groups is 1. The number of benzene rings is 1. The van der Waals surface area contributed by atoms with E-state index in [2.05, 4.69) is 24.2 Å². The Labute approximate surface area is 143 Å². The smallest absolute Gasteiger partial charge is 0.317 e. The molecule has 6 nitrogen and oxygen atoms in total. The second kappa shape index (κ2) is 6.81. The van der Waals surface area contributed by atoms with E-state index >= 15 is 0 Å². The number of amides is 3. The van der Waals surface area contributed by atoms with E-state index in [1.807, 2.05) is 30.0 Å². The van der Waals surface area contributed by atoms with Crippen molar-refractivity contribution in [3.63, 3.8) is 0 Å². The molecule has 0 spiro atoms. The van der Waals surface area contributed by atoms with Gasteiger partial charge in [0.2, 0.25) is 5.91 Å². The van der Waals surface area contributed by atoms with E-state index in [1.165, 1.54) is 11.1 Å². The minimum absolute atomic E-state index is 0.0529. The van der Waals surface area contributed by atoms with Gasteiger partial charge in [-0.15, -0.1) is 0 Å². The molecule has 3 rings (SSSR count). The van der Waals surface area contributed by atoms with Crippen molar-refractivity contribution in [2.75, 3.05) is 44.7 Å². The molecule has 1 atom stereocenters. The molecule has 3 amide bonds. The van der Waals surface area contributed by atoms with Gasteiger partial charge in [0, 0.05) is 44.8 Å². The average molecular weight is 330 g/mol. The molecule has 2 aliphatic heterocycles. The summed E-state index contributed by atoms with van der Waals surface area (Å²) in [5.74, 6) is 0.0712. The highest BCUT2D eigenvalue weighted by Crippen LogP contribution is 2.24. The zero-order valence-electron chi connectivity index (χ0n) is 14.7. The van der Waals surface area contributed by atoms with Crippen molar-refractivity contribution in [1.29, 1.82) is 0 Å². The van der Waals surface area contributed by atoms with Gasteiger partial charge in [0.25, 0.3) is 0 Å². The van der Waals surface area contributed by atoms with Crippen LogP contribution in [0.25, 0.3) is 0 Å². The summed E-state index contributed by atoms with van der Waals surface area (Å²) in [5.41, 5.74) is 3.30. The van der Waals surface area contributed by atoms with Crippen LogP contribution in [0.4, 0.5) is 10.5 Å². The van der Waals surface area contributed by atoms with E-state index in [-0.39, 0.29) is 18.0 Å². The summed E-state index contributed by atoms with van der Waals surface area (Å²) in [5, 5.41) is 3.03. The molecule has 6 heteroatoms. The molecule has 1 N–H and O–H groups in total. The number of carbonyl (C=O) groups excluding carboxylic acids is 2. The maximum absolute atomic E-state index is 12.4. The van der Waals surface area contributed by atoms with Crippen molar-refractivity contribution in [1.82, 2.24) is 15.1 Å². The highest BCUT2D eigenvalue weighted by atomic mass is 16.2. The number of nitrogens with zero attached hydrogens (tertiary/aromatic N) is 3. The number of hydrogen-bond acceptors (Lipinski definition) is 3. The summed E-state index contributed by atoms with van der Waals surface area (Å²) in [6.07, 6.45) is 0.367. The Morgan fingerprint density at radius 2 is 1.83 bits per heavy atom. The Hall–Kier alpha value is -2.08. The Balaban J connectivity index is 1.60. The Morgan fingerprint density at radius 3 is 2.50 bits per heavy atom. The van der Waals surface area contributed by atoms with Crippen LogP contribution in [-0.4, -0.2) is 67.6 Å². The predicted octanol–water partition coefficient (Wildman–Crippen LogP) is 1.37. The molecular weight excluding hydrogens is 304 g/mol. The summed E-state index contributed by atoms with van der Waals surface area (Å²) >= 11 is 0. The summed E-state index contributed by atoms with van der Waals surface area (Å²) in [6.45, 7) is 7.92. The second-order valence-corrected chi connectivity index (χ2v) is 6.91. The van der Waals surface area contributed by atoms with Crippen LogP contribution in [-0.2, 0) is 4.79 Å². The minimum atomic E-state index is -0.119. The number of likely N-dealkylation sites (N-methyl/N-ethyl adjacent to an activating group) is 1. The molecule has 1 aromatic carbocycles. The maximum Gasteiger partial charge on any atom is 0.317 e. The molecule has 2 aliphatic rings. The lowest BCUT2D eigenvalue weighted by Crippen LogP contribution is -2.52. The molecule has 2 saturated heterocycles. The molecule has 2 fully saturated rings. The first-order valence-electron chi connectivity index (χ1n) is 8.55. The molecule has 1 aromatic rings. The van der Waals surface area contributed by atoms with Gasteiger partial charge in [-0.25, -0.2) is 4.79 Å². The quantitative estimate of drug-likeness (QED) is 0.891. The number of rotatable bonds is 2. The summed E-state index contributed by atoms with van der Waals surface area (Å²) in [7, 11) is 2.06. The van der Waals surface area contributed by atoms with Gasteiger partial charge >= 0.3 is 6.03 Å². The molecule has 0 radical (unpaired) electrons. The molecule has 2 heterocycles. The average Bonchev–Trinajstić information content (AvgIpc) is 2.91. The van der Waals surface area contributed by atoms with E-state index < -0.39 is 0 Å². The minimum Gasteiger partial charge on any atom is -0.333 e. The van der Waals surface area contributed by atoms with Crippen molar-refractivity contribution in [2.45, 2.75) is 26.3 Å². The van der Waals surface area contributed by atoms with Gasteiger partial charge in [0.15, 0.2) is 0 Å². The fraction of sp³-hybridized carbons (Fsp3) is 0.556. The van der Waals surface area contributed by atoms with Crippen molar-refractivity contribution >= 4 is 17.6 Å². The van der Waals surface area contributed by atoms with Crippen molar-refractivity contribution < 1.29 is 9.59 Å². The molecule has 0 aliphatic carbocycles. The van der Waals surface area contributed by atoms with Gasteiger partial charge in [0.05, 0.1) is 6.04 Å². The van der Waals surface area contributed by atoms with Gasteiger partial charge in [-0.3, -0.25) is 4.79 Å². The molecule has 0 aromatic heterocycles. The highest BCUT2D eigenvalue weighted by Gasteiger charge is 2.33. The fourth-order valence-corrected chi connectivity index (χ4v) is 3.22. The second-order valence-electron chi connectivity index (χ2n) is 6.91. The van der Waals surface area contributed by atoms with Crippen LogP contribution in [0.1, 0.15) is 17.5 Å². The van der Waals surface area contributed by atoms with Crippen LogP contribution in [0, 0.1) is 13.8 Å². The summed E-state index contributed by atoms with van der Waals surface area (Å²) in [4.78, 5) is 30.5. The largest absolute Gasteiger partial charge is 0.333 e. The topological polar surface area (TPSA) is 55.9 Å². The lowest BCUT2D eigenvalue weighted by atomic mass is 10.1. The third kappa shape index (κ3) is 3.53. The van der Waals surface area contributed by atoms with E-state index in [0.717, 1.165) is 31.9 Å². The fourth-order valence-electron chi connectivity index (χ4n) is 3.22. The van der Waals surface area contributed by atoms with Gasteiger partial charge in [0.1, 0.15) is 0 Å². The van der Waals surface area contributed by atoms with Crippen LogP contribution in [0.15, 0.2) is 18.2 Å². The SMILES string of the molecule is Cc1ccc(N2C[C@H](NC(=O)N3CCN(C)CC3)CC2=O)cc1C. The number of nitrogens with one attached hydrogen (secondary N) is 1. The lowest BCUT2D eigenvalue weighted by molar-refractivity contribution is -0.117. The number of anilines is 1. The standard InChI is InChI=1S/C18H26N4O2/c1-13-4-5-16(10-14(13)2)22-12-15(11-17(22)23)19-18(24)21-8-6-20(3)7-9-21/h4-5,10,15H,6-9,11-12H2,1-3H3,(H,19,24)/t15-/m1/s1. The molecule has 130 valence electrons. The predicted molar refractivity (Wildman–Crippen MR) is 94.3 cm³/mol. The Morgan fingerprint density at radius 1 is 1.12 bits per heavy atom. The van der Waals surface area contributed by atoms with Crippen LogP contribution >= 0.6 is 0 Å². The van der Waals surface area contributed by atoms with Gasteiger partial charge < -0.3 is 20.0 Å². The van der Waals surface area contributed by atoms with E-state index in [0.29, 0.717) is 13.0 Å². The van der Waals surface area contributed by atoms with E-state index in [4.69, 9.17) is 0 Å². The third-order valence-electron chi connectivity index (χ3n) is 5.05. The Kier molecular flexibility index (Phi) is 4.76. The molecular formula is C18H26N4O2. The monoisotopic (exact) mass is 330 g/mol. The van der Waals surface area contributed by atoms with E-state index in [1.54, 1.807) is 4.90 Å². The molecule has 0 unspecified atom stereocenters. The van der Waals surface area contributed by atoms with Crippen LogP contribution in [0.5, 0.6) is 0 Å². The molecule has 0 bridgehead atoms. The number of carbonyl (C=O) groups is 2. The van der Waals surface area contributed by atoms with Crippen LogP contribution in [0.3, 0.4) is 0 Å². The van der Waals surface area contributed by atoms with Crippen LogP contribution in [0.2, 0.25) is 0 Å². The van der Waals surface area contributed by atoms with Crippen LogP contribution < -0.4 is 10.2 Å². The maximum atomic E-state index is 12.4. The number of piperazine rings is 1. The lowest BCUT2D eigenvalue weighted by Gasteiger charge is -2.33. The molecule has 24 heavy (non-hydrogen) atoms. The zero-order valence-corrected chi connectivity index (χ0v) is 14.7. The van der Waals surface area contributed by atoms with Crippen molar-refractivity contribution in [3.05, 3.63) is 29.3 Å². The third-order valence-corrected chi connectivity index (χ3v) is 5.05. The highest BCUT2D eigenvalue weighted by molar-refractivity contribution is 5.96. The van der Waals surface area contributed by atoms with Gasteiger partial charge in [-0.2, -0.15) is 0 Å². The first-order valence-corrected chi connectivity index (χ1v) is 8.55. The van der Waals surface area contributed by atoms with Crippen molar-refractivity contribution in [2.24, 2.45) is 0 Å². The number of hydrogen-bond donors (Lipinski definition) is 1. The Bertz CT molecular complexity index is 638. The summed E-state index contributed by atoms with van der Waals surface area (Å²) < 4.78 is 0. The van der Waals surface area contributed by atoms with Gasteiger partial charge in [-0.05, 0) is 44.2 Å². The van der Waals surface area contributed by atoms with Gasteiger partial charge in [-0.1, -0.05) is 6.07 Å². The zero-order chi connectivity index (χ0) is 17.3. The molecule has 0 saturated carbocycles. The van der Waals surface area contributed by atoms with Crippen molar-refractivity contribution in [3.8, 4) is 0 Å². The van der Waals surface area contributed by atoms with E-state index in [9.17, 15) is 9.59 Å².